The molecule has 34 heavy (non-hydrogen) atoms. The number of hydrogen-bond acceptors (Lipinski definition) is 6. The summed E-state index contributed by atoms with van der Waals surface area (Å²) in [5.74, 6) is -3.91. The maximum atomic E-state index is 11.0. The zero-order valence-electron chi connectivity index (χ0n) is 23.3. The molecule has 0 aromatic heterocycles. The Kier molecular flexibility index (Phi) is 23.0. The van der Waals surface area contributed by atoms with Crippen molar-refractivity contribution in [2.75, 3.05) is 33.0 Å². The lowest BCUT2D eigenvalue weighted by Gasteiger charge is -2.42. The molecule has 0 amide bonds. The van der Waals surface area contributed by atoms with E-state index in [1.54, 1.807) is 13.8 Å². The molecule has 0 aromatic rings. The van der Waals surface area contributed by atoms with Gasteiger partial charge in [-0.15, -0.1) is 0 Å². The quantitative estimate of drug-likeness (QED) is 0.0939. The summed E-state index contributed by atoms with van der Waals surface area (Å²) >= 11 is 0. The average Bonchev–Trinajstić information content (AvgIpc) is 2.81. The molecule has 0 aliphatic carbocycles. The SMILES string of the molecule is CCCCCCCCCCCCCCCCCCOC(OCC)(OCC)C(O)(OCC)OCC. The van der Waals surface area contributed by atoms with Gasteiger partial charge < -0.3 is 28.8 Å². The van der Waals surface area contributed by atoms with Gasteiger partial charge in [0.05, 0.1) is 6.61 Å². The highest BCUT2D eigenvalue weighted by molar-refractivity contribution is 4.72. The van der Waals surface area contributed by atoms with Crippen LogP contribution in [-0.2, 0) is 23.7 Å². The standard InChI is InChI=1S/C28H58O6/c1-6-11-12-13-14-15-16-17-18-19-20-21-22-23-24-25-26-34-28(32-9-4,33-10-5)27(29,30-7-2)31-8-3/h29H,6-26H2,1-5H3. The summed E-state index contributed by atoms with van der Waals surface area (Å²) in [6.07, 6.45) is 21.1. The van der Waals surface area contributed by atoms with Crippen LogP contribution in [0.5, 0.6) is 0 Å². The van der Waals surface area contributed by atoms with E-state index in [1.807, 2.05) is 13.8 Å². The second-order valence-electron chi connectivity index (χ2n) is 9.02. The van der Waals surface area contributed by atoms with Gasteiger partial charge in [0.25, 0.3) is 0 Å². The molecule has 0 aliphatic heterocycles. The Hall–Kier alpha value is -0.240. The van der Waals surface area contributed by atoms with E-state index in [1.165, 1.54) is 89.9 Å². The molecule has 0 spiro atoms. The third-order valence-electron chi connectivity index (χ3n) is 6.03. The summed E-state index contributed by atoms with van der Waals surface area (Å²) in [7, 11) is 0. The molecule has 0 radical (unpaired) electrons. The van der Waals surface area contributed by atoms with Crippen molar-refractivity contribution >= 4 is 0 Å². The number of unbranched alkanes of at least 4 members (excludes halogenated alkanes) is 15. The molecule has 206 valence electrons. The Morgan fingerprint density at radius 1 is 0.412 bits per heavy atom. The lowest BCUT2D eigenvalue weighted by molar-refractivity contribution is -0.552. The van der Waals surface area contributed by atoms with Gasteiger partial charge in [0.15, 0.2) is 0 Å². The van der Waals surface area contributed by atoms with Crippen molar-refractivity contribution in [3.8, 4) is 0 Å². The smallest absolute Gasteiger partial charge is 0.337 e. The highest BCUT2D eigenvalue weighted by atomic mass is 17.0. The Bertz CT molecular complexity index is 406. The van der Waals surface area contributed by atoms with Gasteiger partial charge in [0, 0.05) is 26.4 Å². The molecule has 0 aliphatic rings. The molecule has 0 aromatic carbocycles. The fourth-order valence-electron chi connectivity index (χ4n) is 4.25. The lowest BCUT2D eigenvalue weighted by atomic mass is 10.0. The van der Waals surface area contributed by atoms with E-state index in [9.17, 15) is 5.11 Å². The molecule has 0 rings (SSSR count). The highest BCUT2D eigenvalue weighted by Gasteiger charge is 2.58. The summed E-state index contributed by atoms with van der Waals surface area (Å²) in [5, 5.41) is 11.0. The third-order valence-corrected chi connectivity index (χ3v) is 6.03. The molecule has 0 atom stereocenters. The number of hydrogen-bond donors (Lipinski definition) is 1. The third kappa shape index (κ3) is 15.0. The first-order chi connectivity index (χ1) is 16.6. The Morgan fingerprint density at radius 2 is 0.735 bits per heavy atom. The fraction of sp³-hybridized carbons (Fsp3) is 1.00. The van der Waals surface area contributed by atoms with Crippen LogP contribution in [0.3, 0.4) is 0 Å². The first-order valence-corrected chi connectivity index (χ1v) is 14.5. The summed E-state index contributed by atoms with van der Waals surface area (Å²) in [4.78, 5) is 0. The predicted molar refractivity (Wildman–Crippen MR) is 140 cm³/mol. The van der Waals surface area contributed by atoms with Crippen LogP contribution >= 0.6 is 0 Å². The number of aliphatic hydroxyl groups is 1. The highest BCUT2D eigenvalue weighted by Crippen LogP contribution is 2.33. The van der Waals surface area contributed by atoms with E-state index in [0.29, 0.717) is 19.8 Å². The van der Waals surface area contributed by atoms with Gasteiger partial charge >= 0.3 is 11.9 Å². The summed E-state index contributed by atoms with van der Waals surface area (Å²) in [6, 6.07) is 0. The van der Waals surface area contributed by atoms with Crippen LogP contribution in [0.2, 0.25) is 0 Å². The van der Waals surface area contributed by atoms with Gasteiger partial charge in [0.1, 0.15) is 0 Å². The number of ether oxygens (including phenoxy) is 5. The monoisotopic (exact) mass is 490 g/mol. The molecule has 0 saturated carbocycles. The second kappa shape index (κ2) is 23.2. The first kappa shape index (κ1) is 33.8. The largest absolute Gasteiger partial charge is 0.370 e. The van der Waals surface area contributed by atoms with Gasteiger partial charge in [-0.3, -0.25) is 0 Å². The molecule has 0 heterocycles. The van der Waals surface area contributed by atoms with Gasteiger partial charge in [-0.05, 0) is 34.1 Å². The Labute approximate surface area is 211 Å². The maximum Gasteiger partial charge on any atom is 0.370 e. The zero-order chi connectivity index (χ0) is 25.4. The van der Waals surface area contributed by atoms with Crippen LogP contribution in [0.15, 0.2) is 0 Å². The molecule has 0 saturated heterocycles. The van der Waals surface area contributed by atoms with E-state index in [0.717, 1.165) is 12.8 Å². The predicted octanol–water partition coefficient (Wildman–Crippen LogP) is 7.71. The Morgan fingerprint density at radius 3 is 1.06 bits per heavy atom. The van der Waals surface area contributed by atoms with Crippen molar-refractivity contribution in [3.63, 3.8) is 0 Å². The van der Waals surface area contributed by atoms with Crippen molar-refractivity contribution < 1.29 is 28.8 Å². The summed E-state index contributed by atoms with van der Waals surface area (Å²) in [6.45, 7) is 10.9. The lowest BCUT2D eigenvalue weighted by Crippen LogP contribution is -2.63. The molecular formula is C28H58O6. The molecule has 0 fully saturated rings. The van der Waals surface area contributed by atoms with E-state index >= 15 is 0 Å². The minimum Gasteiger partial charge on any atom is -0.337 e. The van der Waals surface area contributed by atoms with Gasteiger partial charge in [0.2, 0.25) is 0 Å². The van der Waals surface area contributed by atoms with Gasteiger partial charge in [-0.1, -0.05) is 103 Å². The second-order valence-corrected chi connectivity index (χ2v) is 9.02. The molecular weight excluding hydrogens is 432 g/mol. The average molecular weight is 491 g/mol. The van der Waals surface area contributed by atoms with Crippen LogP contribution in [0.25, 0.3) is 0 Å². The zero-order valence-corrected chi connectivity index (χ0v) is 23.3. The van der Waals surface area contributed by atoms with Crippen LogP contribution < -0.4 is 0 Å². The van der Waals surface area contributed by atoms with Gasteiger partial charge in [-0.25, -0.2) is 0 Å². The van der Waals surface area contributed by atoms with Crippen molar-refractivity contribution in [2.45, 2.75) is 149 Å². The molecule has 1 N–H and O–H groups in total. The van der Waals surface area contributed by atoms with Crippen LogP contribution in [0, 0.1) is 0 Å². The van der Waals surface area contributed by atoms with Crippen LogP contribution in [0.1, 0.15) is 137 Å². The maximum absolute atomic E-state index is 11.0. The first-order valence-electron chi connectivity index (χ1n) is 14.5. The van der Waals surface area contributed by atoms with E-state index in [2.05, 4.69) is 6.92 Å². The number of rotatable bonds is 27. The van der Waals surface area contributed by atoms with Crippen molar-refractivity contribution in [1.82, 2.24) is 0 Å². The topological polar surface area (TPSA) is 66.4 Å². The molecule has 0 bridgehead atoms. The van der Waals surface area contributed by atoms with E-state index < -0.39 is 11.9 Å². The van der Waals surface area contributed by atoms with Crippen molar-refractivity contribution in [2.24, 2.45) is 0 Å². The molecule has 0 unspecified atom stereocenters. The van der Waals surface area contributed by atoms with Crippen LogP contribution in [0.4, 0.5) is 0 Å². The fourth-order valence-corrected chi connectivity index (χ4v) is 4.25. The van der Waals surface area contributed by atoms with E-state index in [4.69, 9.17) is 23.7 Å². The Balaban J connectivity index is 3.99. The molecule has 6 heteroatoms. The summed E-state index contributed by atoms with van der Waals surface area (Å²) in [5.41, 5.74) is 0. The minimum absolute atomic E-state index is 0.237. The summed E-state index contributed by atoms with van der Waals surface area (Å²) < 4.78 is 28.4. The molecule has 6 nitrogen and oxygen atoms in total. The van der Waals surface area contributed by atoms with Crippen LogP contribution in [-0.4, -0.2) is 50.1 Å². The van der Waals surface area contributed by atoms with Crippen molar-refractivity contribution in [3.05, 3.63) is 0 Å². The van der Waals surface area contributed by atoms with Gasteiger partial charge in [-0.2, -0.15) is 0 Å². The minimum atomic E-state index is -2.11. The van der Waals surface area contributed by atoms with Crippen molar-refractivity contribution in [1.29, 1.82) is 0 Å². The normalized spacial score (nSPS) is 12.5. The van der Waals surface area contributed by atoms with E-state index in [-0.39, 0.29) is 13.2 Å².